The Labute approximate surface area is 123 Å². The highest BCUT2D eigenvalue weighted by atomic mass is 16.5. The molecule has 0 amide bonds. The number of rotatable bonds is 9. The SMILES string of the molecule is CCC(C)c1ccccc1OCC(O)CNCC(C)C. The van der Waals surface area contributed by atoms with Crippen LogP contribution in [0.15, 0.2) is 24.3 Å². The lowest BCUT2D eigenvalue weighted by molar-refractivity contribution is 0.105. The van der Waals surface area contributed by atoms with Crippen molar-refractivity contribution in [2.75, 3.05) is 19.7 Å². The number of hydrogen-bond acceptors (Lipinski definition) is 3. The van der Waals surface area contributed by atoms with Crippen LogP contribution in [0.3, 0.4) is 0 Å². The van der Waals surface area contributed by atoms with E-state index in [4.69, 9.17) is 4.74 Å². The van der Waals surface area contributed by atoms with Gasteiger partial charge in [0.05, 0.1) is 0 Å². The third kappa shape index (κ3) is 5.93. The van der Waals surface area contributed by atoms with Gasteiger partial charge in [0.15, 0.2) is 0 Å². The lowest BCUT2D eigenvalue weighted by Crippen LogP contribution is -2.33. The summed E-state index contributed by atoms with van der Waals surface area (Å²) in [6.07, 6.45) is 0.609. The van der Waals surface area contributed by atoms with Gasteiger partial charge < -0.3 is 15.2 Å². The molecule has 2 N–H and O–H groups in total. The molecule has 0 saturated heterocycles. The molecular formula is C17H29NO2. The number of ether oxygens (including phenoxy) is 1. The first-order valence-corrected chi connectivity index (χ1v) is 7.65. The van der Waals surface area contributed by atoms with Crippen molar-refractivity contribution in [3.8, 4) is 5.75 Å². The van der Waals surface area contributed by atoms with Crippen molar-refractivity contribution < 1.29 is 9.84 Å². The number of aliphatic hydroxyl groups is 1. The zero-order chi connectivity index (χ0) is 15.0. The molecule has 0 heterocycles. The van der Waals surface area contributed by atoms with E-state index in [0.29, 0.717) is 25.0 Å². The van der Waals surface area contributed by atoms with E-state index in [1.165, 1.54) is 5.56 Å². The van der Waals surface area contributed by atoms with E-state index in [0.717, 1.165) is 18.7 Å². The molecule has 2 atom stereocenters. The third-order valence-electron chi connectivity index (χ3n) is 3.43. The molecular weight excluding hydrogens is 250 g/mol. The van der Waals surface area contributed by atoms with Crippen molar-refractivity contribution >= 4 is 0 Å². The molecule has 3 nitrogen and oxygen atoms in total. The summed E-state index contributed by atoms with van der Waals surface area (Å²) in [7, 11) is 0. The third-order valence-corrected chi connectivity index (χ3v) is 3.43. The molecule has 20 heavy (non-hydrogen) atoms. The van der Waals surface area contributed by atoms with Crippen molar-refractivity contribution in [3.63, 3.8) is 0 Å². The first-order valence-electron chi connectivity index (χ1n) is 7.65. The Hall–Kier alpha value is -1.06. The van der Waals surface area contributed by atoms with E-state index in [1.54, 1.807) is 0 Å². The highest BCUT2D eigenvalue weighted by Crippen LogP contribution is 2.28. The summed E-state index contributed by atoms with van der Waals surface area (Å²) in [6.45, 7) is 10.5. The van der Waals surface area contributed by atoms with Crippen LogP contribution in [0, 0.1) is 5.92 Å². The summed E-state index contributed by atoms with van der Waals surface area (Å²) in [5.41, 5.74) is 1.22. The van der Waals surface area contributed by atoms with Crippen LogP contribution >= 0.6 is 0 Å². The van der Waals surface area contributed by atoms with Gasteiger partial charge in [-0.2, -0.15) is 0 Å². The minimum atomic E-state index is -0.473. The van der Waals surface area contributed by atoms with Gasteiger partial charge in [-0.1, -0.05) is 45.9 Å². The fourth-order valence-electron chi connectivity index (χ4n) is 2.02. The van der Waals surface area contributed by atoms with Gasteiger partial charge in [-0.15, -0.1) is 0 Å². The maximum Gasteiger partial charge on any atom is 0.122 e. The van der Waals surface area contributed by atoms with Crippen LogP contribution in [0.25, 0.3) is 0 Å². The lowest BCUT2D eigenvalue weighted by atomic mass is 9.98. The number of hydrogen-bond donors (Lipinski definition) is 2. The van der Waals surface area contributed by atoms with Crippen molar-refractivity contribution in [3.05, 3.63) is 29.8 Å². The number of nitrogens with one attached hydrogen (secondary N) is 1. The van der Waals surface area contributed by atoms with Crippen LogP contribution in [0.2, 0.25) is 0 Å². The van der Waals surface area contributed by atoms with E-state index >= 15 is 0 Å². The van der Waals surface area contributed by atoms with Gasteiger partial charge in [0, 0.05) is 6.54 Å². The zero-order valence-corrected chi connectivity index (χ0v) is 13.2. The number of aliphatic hydroxyl groups excluding tert-OH is 1. The second-order valence-corrected chi connectivity index (χ2v) is 5.86. The van der Waals surface area contributed by atoms with Gasteiger partial charge in [0.2, 0.25) is 0 Å². The van der Waals surface area contributed by atoms with Crippen LogP contribution in [0.4, 0.5) is 0 Å². The maximum absolute atomic E-state index is 9.92. The van der Waals surface area contributed by atoms with Gasteiger partial charge in [0.25, 0.3) is 0 Å². The van der Waals surface area contributed by atoms with Crippen LogP contribution in [0.1, 0.15) is 45.6 Å². The van der Waals surface area contributed by atoms with Gasteiger partial charge >= 0.3 is 0 Å². The van der Waals surface area contributed by atoms with Crippen LogP contribution in [-0.4, -0.2) is 30.9 Å². The molecule has 1 rings (SSSR count). The molecule has 0 aliphatic carbocycles. The molecule has 0 bridgehead atoms. The molecule has 2 unspecified atom stereocenters. The van der Waals surface area contributed by atoms with Crippen molar-refractivity contribution in [1.29, 1.82) is 0 Å². The summed E-state index contributed by atoms with van der Waals surface area (Å²) >= 11 is 0. The summed E-state index contributed by atoms with van der Waals surface area (Å²) in [4.78, 5) is 0. The minimum absolute atomic E-state index is 0.332. The molecule has 114 valence electrons. The molecule has 0 fully saturated rings. The molecule has 0 aromatic heterocycles. The molecule has 0 radical (unpaired) electrons. The highest BCUT2D eigenvalue weighted by Gasteiger charge is 2.11. The summed E-state index contributed by atoms with van der Waals surface area (Å²) in [5, 5.41) is 13.2. The topological polar surface area (TPSA) is 41.5 Å². The average Bonchev–Trinajstić information content (AvgIpc) is 2.44. The molecule has 1 aromatic carbocycles. The maximum atomic E-state index is 9.92. The van der Waals surface area contributed by atoms with Crippen LogP contribution in [-0.2, 0) is 0 Å². The molecule has 3 heteroatoms. The van der Waals surface area contributed by atoms with Crippen molar-refractivity contribution in [2.45, 2.75) is 46.1 Å². The minimum Gasteiger partial charge on any atom is -0.491 e. The van der Waals surface area contributed by atoms with Gasteiger partial charge in [-0.25, -0.2) is 0 Å². The number of benzene rings is 1. The average molecular weight is 279 g/mol. The van der Waals surface area contributed by atoms with Crippen LogP contribution in [0.5, 0.6) is 5.75 Å². The predicted octanol–water partition coefficient (Wildman–Crippen LogP) is 3.19. The van der Waals surface area contributed by atoms with Crippen molar-refractivity contribution in [1.82, 2.24) is 5.32 Å². The highest BCUT2D eigenvalue weighted by molar-refractivity contribution is 5.35. The van der Waals surface area contributed by atoms with Crippen molar-refractivity contribution in [2.24, 2.45) is 5.92 Å². The first kappa shape index (κ1) is 17.0. The molecule has 0 aliphatic rings. The molecule has 1 aromatic rings. The second-order valence-electron chi connectivity index (χ2n) is 5.86. The first-order chi connectivity index (χ1) is 9.54. The summed E-state index contributed by atoms with van der Waals surface area (Å²) in [6, 6.07) is 8.10. The molecule has 0 aliphatic heterocycles. The van der Waals surface area contributed by atoms with E-state index in [9.17, 15) is 5.11 Å². The Morgan fingerprint density at radius 2 is 1.85 bits per heavy atom. The lowest BCUT2D eigenvalue weighted by Gasteiger charge is -2.18. The van der Waals surface area contributed by atoms with E-state index in [2.05, 4.69) is 39.1 Å². The quantitative estimate of drug-likeness (QED) is 0.729. The smallest absolute Gasteiger partial charge is 0.122 e. The Morgan fingerprint density at radius 1 is 1.15 bits per heavy atom. The van der Waals surface area contributed by atoms with Gasteiger partial charge in [-0.05, 0) is 36.4 Å². The fraction of sp³-hybridized carbons (Fsp3) is 0.647. The summed E-state index contributed by atoms with van der Waals surface area (Å²) in [5.74, 6) is 1.96. The monoisotopic (exact) mass is 279 g/mol. The van der Waals surface area contributed by atoms with Gasteiger partial charge in [0.1, 0.15) is 18.5 Å². The van der Waals surface area contributed by atoms with E-state index < -0.39 is 6.10 Å². The summed E-state index contributed by atoms with van der Waals surface area (Å²) < 4.78 is 5.79. The standard InChI is InChI=1S/C17H29NO2/c1-5-14(4)16-8-6-7-9-17(16)20-12-15(19)11-18-10-13(2)3/h6-9,13-15,18-19H,5,10-12H2,1-4H3. The van der Waals surface area contributed by atoms with E-state index in [1.807, 2.05) is 18.2 Å². The van der Waals surface area contributed by atoms with Gasteiger partial charge in [-0.3, -0.25) is 0 Å². The van der Waals surface area contributed by atoms with E-state index in [-0.39, 0.29) is 0 Å². The predicted molar refractivity (Wildman–Crippen MR) is 84.4 cm³/mol. The second kappa shape index (κ2) is 8.98. The Kier molecular flexibility index (Phi) is 7.63. The Morgan fingerprint density at radius 3 is 2.50 bits per heavy atom. The number of para-hydroxylation sites is 1. The van der Waals surface area contributed by atoms with Crippen LogP contribution < -0.4 is 10.1 Å². The fourth-order valence-corrected chi connectivity index (χ4v) is 2.02. The zero-order valence-electron chi connectivity index (χ0n) is 13.2. The normalized spacial score (nSPS) is 14.3. The molecule has 0 saturated carbocycles. The Bertz CT molecular complexity index is 379. The molecule has 0 spiro atoms. The Balaban J connectivity index is 2.45. The largest absolute Gasteiger partial charge is 0.491 e.